The molecule has 0 aliphatic heterocycles. The Bertz CT molecular complexity index is 1170. The minimum absolute atomic E-state index is 0.220. The standard InChI is InChI=1S/C24H33N3O2S2/c1-8-26(9-2)31(28,29)20-10-11-23-22(14-20)25-24(27(23)16(3)4)30-15-21-18(6)12-17(5)13-19(21)7/h10-14,16H,8-9,15H2,1-7H3. The van der Waals surface area contributed by atoms with E-state index in [4.69, 9.17) is 4.98 Å². The number of imidazole rings is 1. The zero-order valence-electron chi connectivity index (χ0n) is 19.6. The third-order valence-electron chi connectivity index (χ3n) is 5.67. The molecule has 31 heavy (non-hydrogen) atoms. The van der Waals surface area contributed by atoms with Gasteiger partial charge in [-0.2, -0.15) is 4.31 Å². The molecule has 0 atom stereocenters. The van der Waals surface area contributed by atoms with Gasteiger partial charge in [-0.05, 0) is 69.5 Å². The normalized spacial score (nSPS) is 12.4. The molecule has 2 aromatic carbocycles. The maximum Gasteiger partial charge on any atom is 0.243 e. The summed E-state index contributed by atoms with van der Waals surface area (Å²) in [5.41, 5.74) is 6.90. The molecular formula is C24H33N3O2S2. The van der Waals surface area contributed by atoms with Crippen molar-refractivity contribution >= 4 is 32.8 Å². The Morgan fingerprint density at radius 2 is 1.65 bits per heavy atom. The van der Waals surface area contributed by atoms with Crippen LogP contribution in [0.3, 0.4) is 0 Å². The van der Waals surface area contributed by atoms with E-state index < -0.39 is 10.0 Å². The van der Waals surface area contributed by atoms with Gasteiger partial charge >= 0.3 is 0 Å². The minimum Gasteiger partial charge on any atom is -0.316 e. The molecule has 1 aromatic heterocycles. The maximum absolute atomic E-state index is 13.0. The second-order valence-corrected chi connectivity index (χ2v) is 11.1. The molecule has 0 spiro atoms. The van der Waals surface area contributed by atoms with E-state index in [1.165, 1.54) is 26.6 Å². The number of aryl methyl sites for hydroxylation is 3. The zero-order valence-corrected chi connectivity index (χ0v) is 21.2. The first kappa shape index (κ1) is 23.8. The first-order valence-corrected chi connectivity index (χ1v) is 13.2. The molecule has 0 unspecified atom stereocenters. The average molecular weight is 460 g/mol. The predicted octanol–water partition coefficient (Wildman–Crippen LogP) is 5.87. The van der Waals surface area contributed by atoms with Crippen LogP contribution in [0.15, 0.2) is 40.4 Å². The van der Waals surface area contributed by atoms with Crippen LogP contribution in [0.5, 0.6) is 0 Å². The Balaban J connectivity index is 2.02. The Morgan fingerprint density at radius 1 is 1.03 bits per heavy atom. The largest absolute Gasteiger partial charge is 0.316 e. The summed E-state index contributed by atoms with van der Waals surface area (Å²) >= 11 is 1.71. The van der Waals surface area contributed by atoms with Gasteiger partial charge < -0.3 is 4.57 Å². The van der Waals surface area contributed by atoms with Gasteiger partial charge in [0.2, 0.25) is 10.0 Å². The third-order valence-corrected chi connectivity index (χ3v) is 8.70. The van der Waals surface area contributed by atoms with E-state index in [1.807, 2.05) is 19.9 Å². The van der Waals surface area contributed by atoms with Crippen molar-refractivity contribution in [2.24, 2.45) is 0 Å². The highest BCUT2D eigenvalue weighted by Gasteiger charge is 2.23. The summed E-state index contributed by atoms with van der Waals surface area (Å²) in [6.07, 6.45) is 0. The molecule has 0 bridgehead atoms. The molecule has 5 nitrogen and oxygen atoms in total. The van der Waals surface area contributed by atoms with E-state index in [-0.39, 0.29) is 6.04 Å². The van der Waals surface area contributed by atoms with Crippen molar-refractivity contribution in [2.75, 3.05) is 13.1 Å². The van der Waals surface area contributed by atoms with Crippen LogP contribution in [-0.2, 0) is 15.8 Å². The smallest absolute Gasteiger partial charge is 0.243 e. The van der Waals surface area contributed by atoms with E-state index in [2.05, 4.69) is 51.3 Å². The van der Waals surface area contributed by atoms with Gasteiger partial charge in [0.1, 0.15) is 0 Å². The van der Waals surface area contributed by atoms with Crippen LogP contribution in [0.4, 0.5) is 0 Å². The number of hydrogen-bond donors (Lipinski definition) is 0. The molecule has 0 N–H and O–H groups in total. The number of aromatic nitrogens is 2. The second kappa shape index (κ2) is 9.35. The SMILES string of the molecule is CCN(CC)S(=O)(=O)c1ccc2c(c1)nc(SCc1c(C)cc(C)cc1C)n2C(C)C. The molecule has 168 valence electrons. The summed E-state index contributed by atoms with van der Waals surface area (Å²) in [7, 11) is -3.51. The van der Waals surface area contributed by atoms with Crippen molar-refractivity contribution in [3.8, 4) is 0 Å². The van der Waals surface area contributed by atoms with Gasteiger partial charge in [0, 0.05) is 24.9 Å². The van der Waals surface area contributed by atoms with Crippen LogP contribution in [-0.4, -0.2) is 35.4 Å². The molecule has 0 aliphatic carbocycles. The van der Waals surface area contributed by atoms with Gasteiger partial charge in [0.15, 0.2) is 5.16 Å². The van der Waals surface area contributed by atoms with E-state index in [0.717, 1.165) is 21.9 Å². The molecule has 3 aromatic rings. The fraction of sp³-hybridized carbons (Fsp3) is 0.458. The Morgan fingerprint density at radius 3 is 2.19 bits per heavy atom. The van der Waals surface area contributed by atoms with Crippen molar-refractivity contribution in [1.82, 2.24) is 13.9 Å². The third kappa shape index (κ3) is 4.69. The number of nitrogens with zero attached hydrogens (tertiary/aromatic N) is 3. The second-order valence-electron chi connectivity index (χ2n) is 8.26. The molecule has 0 saturated heterocycles. The van der Waals surface area contributed by atoms with Gasteiger partial charge in [0.25, 0.3) is 0 Å². The lowest BCUT2D eigenvalue weighted by molar-refractivity contribution is 0.445. The first-order valence-electron chi connectivity index (χ1n) is 10.8. The van der Waals surface area contributed by atoms with Gasteiger partial charge in [-0.3, -0.25) is 0 Å². The lowest BCUT2D eigenvalue weighted by atomic mass is 10.0. The number of hydrogen-bond acceptors (Lipinski definition) is 4. The van der Waals surface area contributed by atoms with Crippen LogP contribution in [0, 0.1) is 20.8 Å². The molecule has 0 aliphatic rings. The van der Waals surface area contributed by atoms with E-state index in [0.29, 0.717) is 18.0 Å². The molecular weight excluding hydrogens is 426 g/mol. The zero-order chi connectivity index (χ0) is 22.9. The Labute approximate surface area is 190 Å². The summed E-state index contributed by atoms with van der Waals surface area (Å²) in [5, 5.41) is 0.918. The van der Waals surface area contributed by atoms with Crippen molar-refractivity contribution in [3.05, 3.63) is 52.6 Å². The first-order chi connectivity index (χ1) is 14.6. The van der Waals surface area contributed by atoms with Crippen molar-refractivity contribution in [3.63, 3.8) is 0 Å². The van der Waals surface area contributed by atoms with Crippen molar-refractivity contribution in [1.29, 1.82) is 0 Å². The average Bonchev–Trinajstić information content (AvgIpc) is 3.05. The molecule has 3 rings (SSSR count). The topological polar surface area (TPSA) is 55.2 Å². The van der Waals surface area contributed by atoms with E-state index in [1.54, 1.807) is 23.9 Å². The quantitative estimate of drug-likeness (QED) is 0.396. The van der Waals surface area contributed by atoms with Gasteiger partial charge in [-0.1, -0.05) is 43.3 Å². The highest BCUT2D eigenvalue weighted by molar-refractivity contribution is 7.98. The van der Waals surface area contributed by atoms with E-state index in [9.17, 15) is 8.42 Å². The number of fused-ring (bicyclic) bond motifs is 1. The van der Waals surface area contributed by atoms with Crippen LogP contribution in [0.25, 0.3) is 11.0 Å². The van der Waals surface area contributed by atoms with Crippen LogP contribution < -0.4 is 0 Å². The fourth-order valence-corrected chi connectivity index (χ4v) is 6.92. The molecule has 0 amide bonds. The Kier molecular flexibility index (Phi) is 7.18. The van der Waals surface area contributed by atoms with Gasteiger partial charge in [-0.15, -0.1) is 0 Å². The lowest BCUT2D eigenvalue weighted by Gasteiger charge is -2.18. The monoisotopic (exact) mass is 459 g/mol. The highest BCUT2D eigenvalue weighted by atomic mass is 32.2. The van der Waals surface area contributed by atoms with Crippen molar-refractivity contribution < 1.29 is 8.42 Å². The van der Waals surface area contributed by atoms with Crippen LogP contribution in [0.2, 0.25) is 0 Å². The Hall–Kier alpha value is -1.83. The van der Waals surface area contributed by atoms with Crippen LogP contribution >= 0.6 is 11.8 Å². The summed E-state index contributed by atoms with van der Waals surface area (Å²) in [6, 6.07) is 9.98. The molecule has 0 saturated carbocycles. The lowest BCUT2D eigenvalue weighted by Crippen LogP contribution is -2.30. The molecule has 1 heterocycles. The summed E-state index contributed by atoms with van der Waals surface area (Å²) in [5.74, 6) is 0.832. The fourth-order valence-electron chi connectivity index (χ4n) is 4.10. The van der Waals surface area contributed by atoms with Gasteiger partial charge in [-0.25, -0.2) is 13.4 Å². The summed E-state index contributed by atoms with van der Waals surface area (Å²) < 4.78 is 29.6. The predicted molar refractivity (Wildman–Crippen MR) is 130 cm³/mol. The maximum atomic E-state index is 13.0. The molecule has 0 radical (unpaired) electrons. The number of thioether (sulfide) groups is 1. The molecule has 7 heteroatoms. The van der Waals surface area contributed by atoms with Crippen molar-refractivity contribution in [2.45, 2.75) is 70.3 Å². The molecule has 0 fully saturated rings. The van der Waals surface area contributed by atoms with E-state index >= 15 is 0 Å². The minimum atomic E-state index is -3.51. The number of rotatable bonds is 8. The number of sulfonamides is 1. The summed E-state index contributed by atoms with van der Waals surface area (Å²) in [4.78, 5) is 5.16. The number of benzene rings is 2. The van der Waals surface area contributed by atoms with Crippen LogP contribution in [0.1, 0.15) is 56.0 Å². The highest BCUT2D eigenvalue weighted by Crippen LogP contribution is 2.33. The van der Waals surface area contributed by atoms with Gasteiger partial charge in [0.05, 0.1) is 15.9 Å². The summed E-state index contributed by atoms with van der Waals surface area (Å²) in [6.45, 7) is 15.3.